The summed E-state index contributed by atoms with van der Waals surface area (Å²) < 4.78 is 0. The van der Waals surface area contributed by atoms with E-state index < -0.39 is 17.3 Å². The van der Waals surface area contributed by atoms with Crippen LogP contribution in [0.5, 0.6) is 0 Å². The van der Waals surface area contributed by atoms with Crippen molar-refractivity contribution in [2.45, 2.75) is 45.4 Å². The van der Waals surface area contributed by atoms with Crippen molar-refractivity contribution >= 4 is 11.9 Å². The molecule has 4 rings (SSSR count). The molecule has 0 aromatic carbocycles. The van der Waals surface area contributed by atoms with Gasteiger partial charge in [-0.3, -0.25) is 9.59 Å². The van der Waals surface area contributed by atoms with Gasteiger partial charge in [0.2, 0.25) is 5.91 Å². The van der Waals surface area contributed by atoms with Gasteiger partial charge in [-0.2, -0.15) is 0 Å². The van der Waals surface area contributed by atoms with Crippen LogP contribution in [0.3, 0.4) is 0 Å². The number of hydrogen-bond acceptors (Lipinski definition) is 2. The molecule has 18 heavy (non-hydrogen) atoms. The zero-order chi connectivity index (χ0) is 13.1. The van der Waals surface area contributed by atoms with Gasteiger partial charge in [0.05, 0.1) is 0 Å². The molecule has 4 fully saturated rings. The Hall–Kier alpha value is -1.06. The minimum absolute atomic E-state index is 0.376. The summed E-state index contributed by atoms with van der Waals surface area (Å²) in [6.07, 6.45) is 6.33. The lowest BCUT2D eigenvalue weighted by Crippen LogP contribution is -2.61. The number of carbonyl (C=O) groups excluding carboxylic acids is 1. The summed E-state index contributed by atoms with van der Waals surface area (Å²) in [6, 6.07) is 0. The molecule has 3 N–H and O–H groups in total. The lowest BCUT2D eigenvalue weighted by atomic mass is 9.42. The average molecular weight is 251 g/mol. The number of carboxylic acid groups (broad SMARTS) is 1. The molecule has 0 spiro atoms. The Bertz CT molecular complexity index is 366. The zero-order valence-corrected chi connectivity index (χ0v) is 10.8. The molecule has 4 saturated carbocycles. The molecular weight excluding hydrogens is 230 g/mol. The monoisotopic (exact) mass is 251 g/mol. The van der Waals surface area contributed by atoms with E-state index in [1.807, 2.05) is 0 Å². The predicted octanol–water partition coefficient (Wildman–Crippen LogP) is 1.78. The Labute approximate surface area is 107 Å². The first-order valence-electron chi connectivity index (χ1n) is 6.91. The second kappa shape index (κ2) is 3.49. The molecule has 0 aromatic rings. The van der Waals surface area contributed by atoms with Gasteiger partial charge in [0.1, 0.15) is 5.41 Å². The smallest absolute Gasteiger partial charge is 0.319 e. The fourth-order valence-corrected chi connectivity index (χ4v) is 5.32. The first-order chi connectivity index (χ1) is 8.37. The topological polar surface area (TPSA) is 80.4 Å². The quantitative estimate of drug-likeness (QED) is 0.750. The molecule has 4 heteroatoms. The Kier molecular flexibility index (Phi) is 2.32. The van der Waals surface area contributed by atoms with Crippen LogP contribution in [0.15, 0.2) is 0 Å². The molecule has 1 unspecified atom stereocenters. The van der Waals surface area contributed by atoms with Crippen molar-refractivity contribution in [1.29, 1.82) is 0 Å². The van der Waals surface area contributed by atoms with E-state index in [0.29, 0.717) is 17.8 Å². The van der Waals surface area contributed by atoms with Crippen LogP contribution in [0.4, 0.5) is 0 Å². The second-order valence-corrected chi connectivity index (χ2v) is 6.99. The van der Waals surface area contributed by atoms with Crippen LogP contribution in [0.25, 0.3) is 0 Å². The highest BCUT2D eigenvalue weighted by atomic mass is 16.4. The lowest BCUT2D eigenvalue weighted by Gasteiger charge is -2.60. The van der Waals surface area contributed by atoms with Crippen molar-refractivity contribution < 1.29 is 14.7 Å². The molecule has 1 atom stereocenters. The van der Waals surface area contributed by atoms with E-state index in [4.69, 9.17) is 5.73 Å². The maximum Gasteiger partial charge on any atom is 0.319 e. The predicted molar refractivity (Wildman–Crippen MR) is 65.5 cm³/mol. The van der Waals surface area contributed by atoms with Gasteiger partial charge >= 0.3 is 5.97 Å². The number of primary amides is 1. The van der Waals surface area contributed by atoms with E-state index in [2.05, 4.69) is 0 Å². The van der Waals surface area contributed by atoms with Gasteiger partial charge in [-0.1, -0.05) is 0 Å². The lowest BCUT2D eigenvalue weighted by molar-refractivity contribution is -0.180. The first kappa shape index (κ1) is 12.0. The van der Waals surface area contributed by atoms with Gasteiger partial charge in [-0.05, 0) is 68.6 Å². The Morgan fingerprint density at radius 2 is 1.50 bits per heavy atom. The van der Waals surface area contributed by atoms with Crippen molar-refractivity contribution in [3.8, 4) is 0 Å². The molecule has 4 aliphatic rings. The van der Waals surface area contributed by atoms with Crippen LogP contribution in [0, 0.1) is 28.6 Å². The van der Waals surface area contributed by atoms with Crippen LogP contribution in [-0.4, -0.2) is 17.0 Å². The number of hydrogen-bond donors (Lipinski definition) is 2. The van der Waals surface area contributed by atoms with E-state index in [1.165, 1.54) is 19.3 Å². The third-order valence-electron chi connectivity index (χ3n) is 6.02. The Morgan fingerprint density at radius 3 is 1.78 bits per heavy atom. The molecule has 4 nitrogen and oxygen atoms in total. The second-order valence-electron chi connectivity index (χ2n) is 6.99. The van der Waals surface area contributed by atoms with Crippen LogP contribution in [0.1, 0.15) is 45.4 Å². The molecule has 4 aliphatic carbocycles. The van der Waals surface area contributed by atoms with E-state index in [0.717, 1.165) is 19.3 Å². The molecule has 0 saturated heterocycles. The zero-order valence-electron chi connectivity index (χ0n) is 10.8. The minimum atomic E-state index is -1.39. The average Bonchev–Trinajstić information content (AvgIpc) is 2.25. The van der Waals surface area contributed by atoms with E-state index in [1.54, 1.807) is 6.92 Å². The highest BCUT2D eigenvalue weighted by Crippen LogP contribution is 2.65. The van der Waals surface area contributed by atoms with Crippen molar-refractivity contribution in [3.05, 3.63) is 0 Å². The van der Waals surface area contributed by atoms with Gasteiger partial charge in [-0.25, -0.2) is 0 Å². The summed E-state index contributed by atoms with van der Waals surface area (Å²) in [7, 11) is 0. The van der Waals surface area contributed by atoms with E-state index in [-0.39, 0.29) is 5.41 Å². The summed E-state index contributed by atoms with van der Waals surface area (Å²) in [4.78, 5) is 23.5. The van der Waals surface area contributed by atoms with Crippen LogP contribution in [0.2, 0.25) is 0 Å². The van der Waals surface area contributed by atoms with Gasteiger partial charge in [-0.15, -0.1) is 0 Å². The summed E-state index contributed by atoms with van der Waals surface area (Å²) in [5, 5.41) is 9.56. The van der Waals surface area contributed by atoms with Crippen LogP contribution >= 0.6 is 0 Å². The van der Waals surface area contributed by atoms with Crippen molar-refractivity contribution in [2.24, 2.45) is 34.3 Å². The fourth-order valence-electron chi connectivity index (χ4n) is 5.32. The largest absolute Gasteiger partial charge is 0.480 e. The Morgan fingerprint density at radius 1 is 1.11 bits per heavy atom. The number of rotatable bonds is 3. The molecule has 0 heterocycles. The normalized spacial score (nSPS) is 44.6. The highest BCUT2D eigenvalue weighted by molar-refractivity contribution is 6.01. The SMILES string of the molecule is CC(C(N)=O)(C(=O)O)C12CC3CC(CC(C3)C1)C2. The minimum Gasteiger partial charge on any atom is -0.480 e. The molecule has 0 aliphatic heterocycles. The maximum absolute atomic E-state index is 11.8. The number of aliphatic carboxylic acids is 1. The summed E-state index contributed by atoms with van der Waals surface area (Å²) >= 11 is 0. The molecule has 1 amide bonds. The van der Waals surface area contributed by atoms with Gasteiger partial charge in [0.25, 0.3) is 0 Å². The highest BCUT2D eigenvalue weighted by Gasteiger charge is 2.64. The van der Waals surface area contributed by atoms with Gasteiger partial charge in [0, 0.05) is 0 Å². The number of nitrogens with two attached hydrogens (primary N) is 1. The third-order valence-corrected chi connectivity index (χ3v) is 6.02. The van der Waals surface area contributed by atoms with Crippen LogP contribution in [-0.2, 0) is 9.59 Å². The fraction of sp³-hybridized carbons (Fsp3) is 0.857. The molecule has 100 valence electrons. The van der Waals surface area contributed by atoms with Crippen molar-refractivity contribution in [3.63, 3.8) is 0 Å². The van der Waals surface area contributed by atoms with E-state index >= 15 is 0 Å². The first-order valence-corrected chi connectivity index (χ1v) is 6.91. The Balaban J connectivity index is 2.04. The molecular formula is C14H21NO3. The maximum atomic E-state index is 11.8. The number of carbonyl (C=O) groups is 2. The standard InChI is InChI=1S/C14H21NO3/c1-13(11(15)16,12(17)18)14-5-8-2-9(6-14)4-10(3-8)7-14/h8-10H,2-7H2,1H3,(H2,15,16)(H,17,18). The summed E-state index contributed by atoms with van der Waals surface area (Å²) in [6.45, 7) is 1.56. The van der Waals surface area contributed by atoms with Crippen molar-refractivity contribution in [2.75, 3.05) is 0 Å². The third kappa shape index (κ3) is 1.32. The number of amides is 1. The number of carboxylic acids is 1. The van der Waals surface area contributed by atoms with Gasteiger partial charge in [0.15, 0.2) is 0 Å². The summed E-state index contributed by atoms with van der Waals surface area (Å²) in [5.41, 5.74) is 3.71. The molecule has 4 bridgehead atoms. The molecule has 0 aromatic heterocycles. The molecule has 0 radical (unpaired) electrons. The summed E-state index contributed by atoms with van der Waals surface area (Å²) in [5.74, 6) is 0.173. The van der Waals surface area contributed by atoms with Gasteiger partial charge < -0.3 is 10.8 Å². The van der Waals surface area contributed by atoms with E-state index in [9.17, 15) is 14.7 Å². The van der Waals surface area contributed by atoms with Crippen molar-refractivity contribution in [1.82, 2.24) is 0 Å². The van der Waals surface area contributed by atoms with Crippen LogP contribution < -0.4 is 5.73 Å².